The Bertz CT molecular complexity index is 3450. The smallest absolute Gasteiger partial charge is 0.503 e. The molecule has 4 aromatic heterocycles. The Hall–Kier alpha value is -6.55. The van der Waals surface area contributed by atoms with Crippen molar-refractivity contribution in [2.45, 2.75) is 26.2 Å². The number of nitrogens with zero attached hydrogens (tertiary/aromatic N) is 4. The summed E-state index contributed by atoms with van der Waals surface area (Å²) in [6.07, 6.45) is 4.00. The largest absolute Gasteiger partial charge is 2.00 e. The molecule has 6 heteroatoms. The fraction of sp³-hybridized carbons (Fsp3) is 0.0769. The van der Waals surface area contributed by atoms with Crippen LogP contribution in [0.1, 0.15) is 26.3 Å². The second-order valence-corrected chi connectivity index (χ2v) is 15.7. The van der Waals surface area contributed by atoms with Gasteiger partial charge in [-0.1, -0.05) is 129 Å². The van der Waals surface area contributed by atoms with E-state index in [1.807, 2.05) is 24.4 Å². The summed E-state index contributed by atoms with van der Waals surface area (Å²) in [6.45, 7) is 6.67. The third kappa shape index (κ3) is 5.72. The molecule has 0 amide bonds. The van der Waals surface area contributed by atoms with Crippen molar-refractivity contribution in [3.8, 4) is 28.7 Å². The molecule has 0 aliphatic carbocycles. The van der Waals surface area contributed by atoms with Gasteiger partial charge >= 0.3 is 21.1 Å². The van der Waals surface area contributed by atoms with E-state index >= 15 is 0 Å². The van der Waals surface area contributed by atoms with Crippen molar-refractivity contribution in [3.05, 3.63) is 182 Å². The summed E-state index contributed by atoms with van der Waals surface area (Å²) in [5.41, 5.74) is 5.98. The molecule has 0 spiro atoms. The summed E-state index contributed by atoms with van der Waals surface area (Å²) in [5, 5.41) is 10.3. The van der Waals surface area contributed by atoms with E-state index in [4.69, 9.17) is 14.7 Å². The Kier molecular flexibility index (Phi) is 8.54. The van der Waals surface area contributed by atoms with Gasteiger partial charge in [0.25, 0.3) is 0 Å². The van der Waals surface area contributed by atoms with Crippen molar-refractivity contribution in [1.82, 2.24) is 18.9 Å². The van der Waals surface area contributed by atoms with E-state index < -0.39 is 0 Å². The van der Waals surface area contributed by atoms with Gasteiger partial charge in [-0.25, -0.2) is 4.98 Å². The van der Waals surface area contributed by atoms with Crippen LogP contribution in [0.25, 0.3) is 87.7 Å². The summed E-state index contributed by atoms with van der Waals surface area (Å²) < 4.78 is 11.0. The molecule has 11 rings (SSSR count). The molecule has 0 bridgehead atoms. The van der Waals surface area contributed by atoms with Crippen molar-refractivity contribution in [2.24, 2.45) is 0 Å². The first-order valence-corrected chi connectivity index (χ1v) is 19.3. The van der Waals surface area contributed by atoms with Gasteiger partial charge < -0.3 is 13.7 Å². The average Bonchev–Trinajstić information content (AvgIpc) is 3.80. The quantitative estimate of drug-likeness (QED) is 0.165. The van der Waals surface area contributed by atoms with Gasteiger partial charge in [0, 0.05) is 40.2 Å². The van der Waals surface area contributed by atoms with Crippen molar-refractivity contribution in [1.29, 1.82) is 0 Å². The molecule has 11 aromatic rings. The standard InChI is InChI=1S/C52H36N4O.Pt/c1-52(2,3)34-27-28-53-48(31-34)56-46-24-11-10-21-42(46)43-26-25-36(32-47(43)56)57-35-15-12-14-33(30-35)51-54-49-44-22-9-8-19-40(44)38-17-5-4-16-37(38)39-18-6-7-20-41(39)45-23-13-29-55(51)50(45)49;/h4-29,31H,1-3H3;/q-2;+2. The van der Waals surface area contributed by atoms with Gasteiger partial charge in [-0.05, 0) is 67.6 Å². The summed E-state index contributed by atoms with van der Waals surface area (Å²) in [6, 6.07) is 60.3. The zero-order valence-electron chi connectivity index (χ0n) is 32.1. The van der Waals surface area contributed by atoms with Crippen LogP contribution >= 0.6 is 0 Å². The van der Waals surface area contributed by atoms with E-state index in [2.05, 4.69) is 182 Å². The van der Waals surface area contributed by atoms with Gasteiger partial charge in [0.1, 0.15) is 5.82 Å². The number of hydrogen-bond acceptors (Lipinski definition) is 3. The summed E-state index contributed by atoms with van der Waals surface area (Å²) in [5.74, 6) is 2.81. The van der Waals surface area contributed by atoms with Gasteiger partial charge in [0.15, 0.2) is 0 Å². The Balaban J connectivity index is 0.00000408. The van der Waals surface area contributed by atoms with Crippen molar-refractivity contribution in [2.75, 3.05) is 0 Å². The third-order valence-electron chi connectivity index (χ3n) is 11.2. The predicted octanol–water partition coefficient (Wildman–Crippen LogP) is 13.4. The molecule has 0 aliphatic heterocycles. The van der Waals surface area contributed by atoms with Gasteiger partial charge in [-0.15, -0.1) is 41.3 Å². The maximum absolute atomic E-state index is 6.61. The van der Waals surface area contributed by atoms with Crippen molar-refractivity contribution >= 4 is 70.5 Å². The second kappa shape index (κ2) is 13.8. The predicted molar refractivity (Wildman–Crippen MR) is 234 cm³/mol. The Morgan fingerprint density at radius 3 is 1.86 bits per heavy atom. The van der Waals surface area contributed by atoms with Gasteiger partial charge in [0.05, 0.1) is 16.9 Å². The van der Waals surface area contributed by atoms with Crippen LogP contribution in [-0.2, 0) is 26.5 Å². The number of rotatable bonds is 4. The van der Waals surface area contributed by atoms with Crippen LogP contribution in [0.4, 0.5) is 0 Å². The van der Waals surface area contributed by atoms with Crippen LogP contribution in [0, 0.1) is 12.1 Å². The summed E-state index contributed by atoms with van der Waals surface area (Å²) in [7, 11) is 0. The number of pyridine rings is 2. The molecule has 0 atom stereocenters. The zero-order valence-corrected chi connectivity index (χ0v) is 34.4. The summed E-state index contributed by atoms with van der Waals surface area (Å²) in [4.78, 5) is 10.3. The molecule has 0 unspecified atom stereocenters. The number of hydrogen-bond donors (Lipinski definition) is 0. The zero-order chi connectivity index (χ0) is 38.3. The minimum Gasteiger partial charge on any atom is -0.503 e. The van der Waals surface area contributed by atoms with E-state index in [0.717, 1.165) is 66.2 Å². The maximum atomic E-state index is 6.61. The Morgan fingerprint density at radius 1 is 0.552 bits per heavy atom. The summed E-state index contributed by atoms with van der Waals surface area (Å²) >= 11 is 0. The number of ether oxygens (including phenoxy) is 1. The number of fused-ring (bicyclic) bond motifs is 10. The van der Waals surface area contributed by atoms with Crippen LogP contribution in [0.2, 0.25) is 0 Å². The minimum absolute atomic E-state index is 0. The molecule has 0 saturated carbocycles. The first-order valence-electron chi connectivity index (χ1n) is 19.3. The first-order chi connectivity index (χ1) is 27.9. The molecule has 0 saturated heterocycles. The van der Waals surface area contributed by atoms with Crippen LogP contribution in [0.5, 0.6) is 11.5 Å². The molecule has 0 radical (unpaired) electrons. The normalized spacial score (nSPS) is 11.9. The van der Waals surface area contributed by atoms with Crippen LogP contribution in [0.15, 0.2) is 164 Å². The molecule has 4 heterocycles. The molecule has 0 aliphatic rings. The second-order valence-electron chi connectivity index (χ2n) is 15.7. The molecule has 7 aromatic carbocycles. The monoisotopic (exact) mass is 927 g/mol. The van der Waals surface area contributed by atoms with E-state index in [1.54, 1.807) is 0 Å². The van der Waals surface area contributed by atoms with Crippen molar-refractivity contribution in [3.63, 3.8) is 0 Å². The van der Waals surface area contributed by atoms with E-state index in [9.17, 15) is 0 Å². The van der Waals surface area contributed by atoms with Crippen molar-refractivity contribution < 1.29 is 25.8 Å². The number of benzene rings is 6. The van der Waals surface area contributed by atoms with E-state index in [-0.39, 0.29) is 26.5 Å². The minimum atomic E-state index is -0.0212. The maximum Gasteiger partial charge on any atom is 2.00 e. The van der Waals surface area contributed by atoms with Gasteiger partial charge in [-0.2, -0.15) is 6.07 Å². The molecule has 5 nitrogen and oxygen atoms in total. The number of imidazole rings is 1. The first kappa shape index (κ1) is 35.8. The van der Waals surface area contributed by atoms with Crippen LogP contribution in [0.3, 0.4) is 0 Å². The third-order valence-corrected chi connectivity index (χ3v) is 11.2. The SMILES string of the molecule is CC(C)(C)c1ccnc(-n2c3[c-]c(Oc4[c-]c(-c5nc6c7ccccc7c7ccccc7c7ccccc7c7cccn5c76)ccc4)ccc3c3ccccc32)c1.[Pt+2]. The fourth-order valence-corrected chi connectivity index (χ4v) is 8.50. The molecule has 0 N–H and O–H groups in total. The van der Waals surface area contributed by atoms with E-state index in [0.29, 0.717) is 11.5 Å². The fourth-order valence-electron chi connectivity index (χ4n) is 8.50. The molecular formula is C52H36N4OPt. The van der Waals surface area contributed by atoms with Crippen LogP contribution in [-0.4, -0.2) is 18.9 Å². The topological polar surface area (TPSA) is 44.3 Å². The average molecular weight is 928 g/mol. The molecular weight excluding hydrogens is 892 g/mol. The van der Waals surface area contributed by atoms with Gasteiger partial charge in [0.2, 0.25) is 0 Å². The molecule has 58 heavy (non-hydrogen) atoms. The number of para-hydroxylation sites is 1. The van der Waals surface area contributed by atoms with E-state index in [1.165, 1.54) is 27.1 Å². The Morgan fingerprint density at radius 2 is 1.16 bits per heavy atom. The molecule has 280 valence electrons. The Labute approximate surface area is 350 Å². The van der Waals surface area contributed by atoms with Crippen LogP contribution < -0.4 is 4.74 Å². The van der Waals surface area contributed by atoms with Gasteiger partial charge in [-0.3, -0.25) is 4.98 Å². The number of aromatic nitrogens is 4. The molecule has 0 fully saturated rings.